The second-order valence-electron chi connectivity index (χ2n) is 16.3. The maximum Gasteiger partial charge on any atom is -0.00264 e. The van der Waals surface area contributed by atoms with Crippen LogP contribution in [0.1, 0.15) is 7.43 Å². The number of fused-ring (bicyclic) bond motifs is 6. The van der Waals surface area contributed by atoms with Crippen molar-refractivity contribution in [2.24, 2.45) is 0 Å². The second-order valence-corrected chi connectivity index (χ2v) is 16.3. The molecule has 284 valence electrons. The lowest BCUT2D eigenvalue weighted by Crippen LogP contribution is -1.85. The Morgan fingerprint density at radius 3 is 0.328 bits per heavy atom. The third kappa shape index (κ3) is 5.13. The van der Waals surface area contributed by atoms with Crippen molar-refractivity contribution in [1.29, 1.82) is 0 Å². The van der Waals surface area contributed by atoms with Crippen LogP contribution in [0.4, 0.5) is 0 Å². The minimum absolute atomic E-state index is 0. The zero-order chi connectivity index (χ0) is 39.3. The number of hydrogen-bond acceptors (Lipinski definition) is 0. The zero-order valence-electron chi connectivity index (χ0n) is 32.8. The maximum absolute atomic E-state index is 2.25. The Morgan fingerprint density at radius 2 is 0.230 bits per heavy atom. The number of hydrogen-bond donors (Lipinski definition) is 0. The highest BCUT2D eigenvalue weighted by Crippen LogP contribution is 2.42. The van der Waals surface area contributed by atoms with E-state index in [2.05, 4.69) is 218 Å². The molecule has 15 aromatic rings. The monoisotopic (exact) mass is 772 g/mol. The Labute approximate surface area is 353 Å². The van der Waals surface area contributed by atoms with Crippen LogP contribution in [0.3, 0.4) is 0 Å². The highest BCUT2D eigenvalue weighted by Gasteiger charge is 2.14. The first-order valence-corrected chi connectivity index (χ1v) is 20.9. The molecule has 61 heavy (non-hydrogen) atoms. The molecule has 0 spiro atoms. The normalized spacial score (nSPS) is 11.8. The molecule has 0 saturated heterocycles. The predicted octanol–water partition coefficient (Wildman–Crippen LogP) is 17.8. The topological polar surface area (TPSA) is 0 Å². The van der Waals surface area contributed by atoms with Gasteiger partial charge in [-0.15, -0.1) is 0 Å². The van der Waals surface area contributed by atoms with Gasteiger partial charge < -0.3 is 0 Å². The molecular formula is C61H40. The van der Waals surface area contributed by atoms with E-state index in [0.29, 0.717) is 0 Å². The van der Waals surface area contributed by atoms with E-state index in [1.165, 1.54) is 129 Å². The van der Waals surface area contributed by atoms with Crippen LogP contribution in [0.25, 0.3) is 129 Å². The van der Waals surface area contributed by atoms with E-state index >= 15 is 0 Å². The fourth-order valence-corrected chi connectivity index (χ4v) is 10.7. The minimum atomic E-state index is 0. The van der Waals surface area contributed by atoms with E-state index in [-0.39, 0.29) is 7.43 Å². The fraction of sp³-hybridized carbons (Fsp3) is 0.0164. The zero-order valence-corrected chi connectivity index (χ0v) is 32.8. The molecule has 0 heteroatoms. The van der Waals surface area contributed by atoms with Crippen LogP contribution in [0.15, 0.2) is 218 Å². The molecule has 0 aliphatic rings. The van der Waals surface area contributed by atoms with Gasteiger partial charge in [0.05, 0.1) is 0 Å². The first kappa shape index (κ1) is 35.2. The van der Waals surface area contributed by atoms with Gasteiger partial charge in [-0.3, -0.25) is 0 Å². The third-order valence-corrected chi connectivity index (χ3v) is 13.2. The smallest absolute Gasteiger partial charge is 0.00264 e. The van der Waals surface area contributed by atoms with Gasteiger partial charge in [0.15, 0.2) is 0 Å². The van der Waals surface area contributed by atoms with Crippen LogP contribution < -0.4 is 0 Å². The lowest BCUT2D eigenvalue weighted by Gasteiger charge is -2.13. The highest BCUT2D eigenvalue weighted by molar-refractivity contribution is 6.35. The van der Waals surface area contributed by atoms with E-state index < -0.39 is 0 Å². The Hall–Kier alpha value is -7.80. The van der Waals surface area contributed by atoms with Crippen molar-refractivity contribution in [2.75, 3.05) is 0 Å². The molecule has 15 rings (SSSR count). The van der Waals surface area contributed by atoms with Gasteiger partial charge in [-0.2, -0.15) is 0 Å². The molecule has 0 atom stereocenters. The number of benzene rings is 15. The highest BCUT2D eigenvalue weighted by atomic mass is 14.2. The van der Waals surface area contributed by atoms with Crippen molar-refractivity contribution >= 4 is 129 Å². The summed E-state index contributed by atoms with van der Waals surface area (Å²) >= 11 is 0. The summed E-state index contributed by atoms with van der Waals surface area (Å²) in [5.74, 6) is 0. The SMILES string of the molecule is C.c1cc2cccc3c4cccc5cccc(c(c1)c23)c54.c1cc2cccc3c4cccc5cccc(c(c1)c23)c54.c1cc2cccc3c4cccc5cccc(c(c1)c23)c54. The van der Waals surface area contributed by atoms with Crippen molar-refractivity contribution in [3.8, 4) is 0 Å². The molecule has 0 radical (unpaired) electrons. The minimum Gasteiger partial charge on any atom is -0.0776 e. The molecule has 15 aromatic carbocycles. The van der Waals surface area contributed by atoms with Crippen molar-refractivity contribution in [2.45, 2.75) is 7.43 Å². The fourth-order valence-electron chi connectivity index (χ4n) is 10.7. The summed E-state index contributed by atoms with van der Waals surface area (Å²) in [5, 5.41) is 32.7. The molecular weight excluding hydrogens is 733 g/mol. The lowest BCUT2D eigenvalue weighted by molar-refractivity contribution is 1.78. The van der Waals surface area contributed by atoms with Gasteiger partial charge >= 0.3 is 0 Å². The van der Waals surface area contributed by atoms with E-state index in [1.807, 2.05) is 0 Å². The van der Waals surface area contributed by atoms with Gasteiger partial charge in [0.25, 0.3) is 0 Å². The lowest BCUT2D eigenvalue weighted by atomic mass is 9.90. The molecule has 0 amide bonds. The van der Waals surface area contributed by atoms with Gasteiger partial charge in [-0.05, 0) is 129 Å². The van der Waals surface area contributed by atoms with E-state index in [4.69, 9.17) is 0 Å². The standard InChI is InChI=1S/3C20H12.CH4/c3*1-5-13-6-2-11-17-18-12-4-8-14-7-3-10-16(20(14)18)15(9-1)19(13)17;/h3*1-12H;1H4. The summed E-state index contributed by atoms with van der Waals surface area (Å²) in [5.41, 5.74) is 0. The first-order valence-electron chi connectivity index (χ1n) is 20.9. The molecule has 0 aliphatic heterocycles. The molecule has 0 unspecified atom stereocenters. The Bertz CT molecular complexity index is 3180. The van der Waals surface area contributed by atoms with Crippen LogP contribution in [0.2, 0.25) is 0 Å². The third-order valence-electron chi connectivity index (χ3n) is 13.2. The van der Waals surface area contributed by atoms with Gasteiger partial charge in [-0.25, -0.2) is 0 Å². The van der Waals surface area contributed by atoms with Crippen LogP contribution in [0, 0.1) is 0 Å². The summed E-state index contributed by atoms with van der Waals surface area (Å²) < 4.78 is 0. The Kier molecular flexibility index (Phi) is 7.86. The molecule has 0 bridgehead atoms. The van der Waals surface area contributed by atoms with Gasteiger partial charge in [0, 0.05) is 0 Å². The Morgan fingerprint density at radius 1 is 0.131 bits per heavy atom. The van der Waals surface area contributed by atoms with Crippen molar-refractivity contribution in [3.05, 3.63) is 218 Å². The molecule has 0 aliphatic carbocycles. The molecule has 0 heterocycles. The Balaban J connectivity index is 0.0000000973. The van der Waals surface area contributed by atoms with E-state index in [1.54, 1.807) is 0 Å². The van der Waals surface area contributed by atoms with Crippen LogP contribution in [-0.2, 0) is 0 Å². The maximum atomic E-state index is 2.25. The summed E-state index contributed by atoms with van der Waals surface area (Å²) in [6.07, 6.45) is 0. The van der Waals surface area contributed by atoms with E-state index in [9.17, 15) is 0 Å². The van der Waals surface area contributed by atoms with Gasteiger partial charge in [-0.1, -0.05) is 226 Å². The van der Waals surface area contributed by atoms with Gasteiger partial charge in [0.1, 0.15) is 0 Å². The summed E-state index contributed by atoms with van der Waals surface area (Å²) in [6, 6.07) is 79.3. The largest absolute Gasteiger partial charge is 0.0776 e. The van der Waals surface area contributed by atoms with Crippen molar-refractivity contribution in [3.63, 3.8) is 0 Å². The molecule has 0 fully saturated rings. The summed E-state index contributed by atoms with van der Waals surface area (Å²) in [4.78, 5) is 0. The van der Waals surface area contributed by atoms with Crippen LogP contribution in [-0.4, -0.2) is 0 Å². The average molecular weight is 773 g/mol. The van der Waals surface area contributed by atoms with Crippen molar-refractivity contribution in [1.82, 2.24) is 0 Å². The van der Waals surface area contributed by atoms with Crippen molar-refractivity contribution < 1.29 is 0 Å². The predicted molar refractivity (Wildman–Crippen MR) is 270 cm³/mol. The first-order chi connectivity index (χ1) is 29.8. The average Bonchev–Trinajstić information content (AvgIpc) is 3.32. The molecule has 0 aromatic heterocycles. The second kappa shape index (κ2) is 13.6. The number of rotatable bonds is 0. The molecule has 0 saturated carbocycles. The molecule has 0 nitrogen and oxygen atoms in total. The van der Waals surface area contributed by atoms with E-state index in [0.717, 1.165) is 0 Å². The quantitative estimate of drug-likeness (QED) is 0.106. The van der Waals surface area contributed by atoms with Crippen LogP contribution in [0.5, 0.6) is 0 Å². The molecule has 0 N–H and O–H groups in total. The van der Waals surface area contributed by atoms with Crippen LogP contribution >= 0.6 is 0 Å². The summed E-state index contributed by atoms with van der Waals surface area (Å²) in [6.45, 7) is 0. The van der Waals surface area contributed by atoms with Gasteiger partial charge in [0.2, 0.25) is 0 Å². The summed E-state index contributed by atoms with van der Waals surface area (Å²) in [7, 11) is 0.